The van der Waals surface area contributed by atoms with E-state index < -0.39 is 18.4 Å². The average Bonchev–Trinajstić information content (AvgIpc) is 3.11. The first-order chi connectivity index (χ1) is 10.7. The van der Waals surface area contributed by atoms with Crippen molar-refractivity contribution in [3.8, 4) is 6.01 Å². The quantitative estimate of drug-likeness (QED) is 0.469. The summed E-state index contributed by atoms with van der Waals surface area (Å²) in [5.74, 6) is 0.198. The van der Waals surface area contributed by atoms with Crippen LogP contribution in [0.25, 0.3) is 21.6 Å². The second kappa shape index (κ2) is 5.64. The fourth-order valence-electron chi connectivity index (χ4n) is 2.46. The summed E-state index contributed by atoms with van der Waals surface area (Å²) >= 11 is 0. The lowest BCUT2D eigenvalue weighted by Gasteiger charge is -2.14. The van der Waals surface area contributed by atoms with Crippen LogP contribution in [0.15, 0.2) is 11.4 Å². The number of azide groups is 1. The Morgan fingerprint density at radius 3 is 3.14 bits per heavy atom. The molecule has 3 rings (SSSR count). The number of imidazole rings is 1. The molecule has 22 heavy (non-hydrogen) atoms. The minimum atomic E-state index is -0.570. The molecule has 0 bridgehead atoms. The minimum Gasteiger partial charge on any atom is -0.467 e. The van der Waals surface area contributed by atoms with Gasteiger partial charge in [0.05, 0.1) is 32.2 Å². The van der Waals surface area contributed by atoms with Gasteiger partial charge in [-0.15, -0.1) is 0 Å². The summed E-state index contributed by atoms with van der Waals surface area (Å²) in [6, 6.07) is -0.339. The van der Waals surface area contributed by atoms with E-state index >= 15 is 0 Å². The molecule has 1 aliphatic rings. The van der Waals surface area contributed by atoms with Gasteiger partial charge in [0.25, 0.3) is 0 Å². The fraction of sp³-hybridized carbons (Fsp3) is 0.545. The van der Waals surface area contributed by atoms with Crippen LogP contribution in [0, 0.1) is 0 Å². The van der Waals surface area contributed by atoms with E-state index in [1.165, 1.54) is 13.4 Å². The minimum absolute atomic E-state index is 0.120. The van der Waals surface area contributed by atoms with Crippen LogP contribution in [0.1, 0.15) is 12.6 Å². The highest BCUT2D eigenvalue weighted by molar-refractivity contribution is 5.81. The molecule has 1 saturated heterocycles. The number of fused-ring (bicyclic) bond motifs is 1. The zero-order chi connectivity index (χ0) is 15.7. The number of hydrogen-bond donors (Lipinski definition) is 2. The van der Waals surface area contributed by atoms with Crippen molar-refractivity contribution < 1.29 is 14.6 Å². The number of nitrogens with two attached hydrogens (primary N) is 1. The number of aromatic nitrogens is 4. The average molecular weight is 306 g/mol. The van der Waals surface area contributed by atoms with E-state index in [1.807, 2.05) is 0 Å². The van der Waals surface area contributed by atoms with Gasteiger partial charge in [-0.2, -0.15) is 9.97 Å². The van der Waals surface area contributed by atoms with Gasteiger partial charge in [0.15, 0.2) is 17.0 Å². The van der Waals surface area contributed by atoms with Crippen LogP contribution >= 0.6 is 0 Å². The highest BCUT2D eigenvalue weighted by Gasteiger charge is 2.36. The molecule has 11 heteroatoms. The summed E-state index contributed by atoms with van der Waals surface area (Å²) in [6.07, 6.45) is 0.871. The third kappa shape index (κ3) is 2.26. The van der Waals surface area contributed by atoms with Gasteiger partial charge in [-0.3, -0.25) is 4.57 Å². The van der Waals surface area contributed by atoms with E-state index in [9.17, 15) is 5.11 Å². The van der Waals surface area contributed by atoms with Gasteiger partial charge in [0, 0.05) is 11.3 Å². The lowest BCUT2D eigenvalue weighted by atomic mass is 10.1. The fourth-order valence-corrected chi connectivity index (χ4v) is 2.46. The van der Waals surface area contributed by atoms with Crippen LogP contribution in [0.3, 0.4) is 0 Å². The SMILES string of the molecule is COc1nc(N)c2ncn([C@H]3C[C@H](N=[N+]=[N-])[C@@H](CO)O3)c2n1. The molecule has 0 amide bonds. The summed E-state index contributed by atoms with van der Waals surface area (Å²) < 4.78 is 12.4. The van der Waals surface area contributed by atoms with Gasteiger partial charge in [0.1, 0.15) is 6.23 Å². The van der Waals surface area contributed by atoms with E-state index in [1.54, 1.807) is 4.57 Å². The highest BCUT2D eigenvalue weighted by atomic mass is 16.5. The van der Waals surface area contributed by atoms with Crippen molar-refractivity contribution in [2.24, 2.45) is 5.11 Å². The van der Waals surface area contributed by atoms with Crippen LogP contribution in [-0.2, 0) is 4.74 Å². The second-order valence-corrected chi connectivity index (χ2v) is 4.74. The van der Waals surface area contributed by atoms with Crippen LogP contribution in [0.4, 0.5) is 5.82 Å². The number of anilines is 1. The Bertz CT molecular complexity index is 740. The Morgan fingerprint density at radius 2 is 2.45 bits per heavy atom. The molecule has 11 nitrogen and oxygen atoms in total. The predicted molar refractivity (Wildman–Crippen MR) is 74.8 cm³/mol. The van der Waals surface area contributed by atoms with Crippen molar-refractivity contribution in [1.82, 2.24) is 19.5 Å². The third-order valence-corrected chi connectivity index (χ3v) is 3.50. The molecule has 0 aliphatic carbocycles. The first-order valence-electron chi connectivity index (χ1n) is 6.52. The van der Waals surface area contributed by atoms with Crippen molar-refractivity contribution in [2.75, 3.05) is 19.5 Å². The molecule has 0 aromatic carbocycles. The standard InChI is InChI=1S/C11H14N8O3/c1-21-11-15-9(12)8-10(16-11)19(4-14-8)7-2-5(17-18-13)6(3-20)22-7/h4-7,20H,2-3H2,1H3,(H2,12,15,16)/t5-,6+,7+/m0/s1. The zero-order valence-corrected chi connectivity index (χ0v) is 11.7. The van der Waals surface area contributed by atoms with Crippen molar-refractivity contribution >= 4 is 17.0 Å². The molecule has 1 fully saturated rings. The van der Waals surface area contributed by atoms with Crippen LogP contribution in [0.2, 0.25) is 0 Å². The number of aliphatic hydroxyl groups excluding tert-OH is 1. The van der Waals surface area contributed by atoms with Gasteiger partial charge in [0.2, 0.25) is 0 Å². The lowest BCUT2D eigenvalue weighted by molar-refractivity contribution is -0.0233. The smallest absolute Gasteiger partial charge is 0.320 e. The number of methoxy groups -OCH3 is 1. The van der Waals surface area contributed by atoms with E-state index in [0.717, 1.165) is 0 Å². The molecule has 3 N–H and O–H groups in total. The Labute approximate surface area is 124 Å². The summed E-state index contributed by atoms with van der Waals surface area (Å²) in [7, 11) is 1.44. The molecule has 0 unspecified atom stereocenters. The summed E-state index contributed by atoms with van der Waals surface area (Å²) in [5, 5.41) is 13.0. The normalized spacial score (nSPS) is 24.4. The molecule has 1 aliphatic heterocycles. The molecule has 2 aromatic rings. The molecular formula is C11H14N8O3. The zero-order valence-electron chi connectivity index (χ0n) is 11.7. The van der Waals surface area contributed by atoms with Crippen molar-refractivity contribution in [1.29, 1.82) is 0 Å². The van der Waals surface area contributed by atoms with Gasteiger partial charge in [-0.25, -0.2) is 4.98 Å². The van der Waals surface area contributed by atoms with Crippen LogP contribution in [-0.4, -0.2) is 50.5 Å². The van der Waals surface area contributed by atoms with Crippen molar-refractivity contribution in [3.63, 3.8) is 0 Å². The van der Waals surface area contributed by atoms with E-state index in [2.05, 4.69) is 25.0 Å². The molecule has 3 atom stereocenters. The lowest BCUT2D eigenvalue weighted by Crippen LogP contribution is -2.22. The maximum absolute atomic E-state index is 9.32. The number of nitrogen functional groups attached to an aromatic ring is 1. The van der Waals surface area contributed by atoms with E-state index in [-0.39, 0.29) is 18.4 Å². The Hall–Kier alpha value is -2.62. The Kier molecular flexibility index (Phi) is 3.67. The Balaban J connectivity index is 2.00. The molecule has 0 radical (unpaired) electrons. The first-order valence-corrected chi connectivity index (χ1v) is 6.52. The molecule has 116 valence electrons. The number of hydrogen-bond acceptors (Lipinski definition) is 8. The number of nitrogens with zero attached hydrogens (tertiary/aromatic N) is 7. The van der Waals surface area contributed by atoms with Crippen molar-refractivity contribution in [3.05, 3.63) is 16.8 Å². The Morgan fingerprint density at radius 1 is 1.64 bits per heavy atom. The van der Waals surface area contributed by atoms with Crippen LogP contribution in [0.5, 0.6) is 6.01 Å². The summed E-state index contributed by atoms with van der Waals surface area (Å²) in [5.41, 5.74) is 15.3. The monoisotopic (exact) mass is 306 g/mol. The topological polar surface area (TPSA) is 157 Å². The van der Waals surface area contributed by atoms with Gasteiger partial charge >= 0.3 is 6.01 Å². The summed E-state index contributed by atoms with van der Waals surface area (Å²) in [6.45, 7) is -0.243. The molecule has 0 spiro atoms. The second-order valence-electron chi connectivity index (χ2n) is 4.74. The molecule has 0 saturated carbocycles. The molecular weight excluding hydrogens is 292 g/mol. The predicted octanol–water partition coefficient (Wildman–Crippen LogP) is 0.376. The van der Waals surface area contributed by atoms with Gasteiger partial charge in [-0.05, 0) is 5.53 Å². The third-order valence-electron chi connectivity index (χ3n) is 3.50. The number of ether oxygens (including phenoxy) is 2. The van der Waals surface area contributed by atoms with Gasteiger partial charge in [-0.1, -0.05) is 5.11 Å². The van der Waals surface area contributed by atoms with Crippen molar-refractivity contribution in [2.45, 2.75) is 24.8 Å². The maximum atomic E-state index is 9.32. The van der Waals surface area contributed by atoms with Gasteiger partial charge < -0.3 is 20.3 Å². The van der Waals surface area contributed by atoms with Crippen LogP contribution < -0.4 is 10.5 Å². The number of rotatable bonds is 4. The highest BCUT2D eigenvalue weighted by Crippen LogP contribution is 2.33. The molecule has 3 heterocycles. The van der Waals surface area contributed by atoms with E-state index in [0.29, 0.717) is 17.6 Å². The maximum Gasteiger partial charge on any atom is 0.320 e. The molecule has 2 aromatic heterocycles. The summed E-state index contributed by atoms with van der Waals surface area (Å²) in [4.78, 5) is 15.1. The first kappa shape index (κ1) is 14.3. The number of aliphatic hydroxyl groups is 1. The largest absolute Gasteiger partial charge is 0.467 e. The van der Waals surface area contributed by atoms with E-state index in [4.69, 9.17) is 20.7 Å².